The van der Waals surface area contributed by atoms with E-state index in [1.165, 1.54) is 12.5 Å². The molecule has 0 radical (unpaired) electrons. The number of rotatable bonds is 5. The first-order chi connectivity index (χ1) is 9.08. The second-order valence-corrected chi connectivity index (χ2v) is 4.49. The van der Waals surface area contributed by atoms with E-state index in [1.807, 2.05) is 0 Å². The SMILES string of the molecule is NC1COCC1C(=O)NC(Cc1cnc[nH]1)C(=O)O. The van der Waals surface area contributed by atoms with Crippen LogP contribution < -0.4 is 11.1 Å². The Hall–Kier alpha value is -1.93. The summed E-state index contributed by atoms with van der Waals surface area (Å²) in [6, 6.07) is -1.40. The Morgan fingerprint density at radius 2 is 2.42 bits per heavy atom. The molecule has 1 fully saturated rings. The molecule has 0 aromatic carbocycles. The molecule has 2 rings (SSSR count). The van der Waals surface area contributed by atoms with Gasteiger partial charge in [0.25, 0.3) is 0 Å². The zero-order valence-corrected chi connectivity index (χ0v) is 10.2. The van der Waals surface area contributed by atoms with Crippen molar-refractivity contribution in [2.24, 2.45) is 11.7 Å². The summed E-state index contributed by atoms with van der Waals surface area (Å²) in [4.78, 5) is 29.7. The zero-order valence-electron chi connectivity index (χ0n) is 10.2. The summed E-state index contributed by atoms with van der Waals surface area (Å²) < 4.78 is 5.09. The molecule has 1 saturated heterocycles. The van der Waals surface area contributed by atoms with Gasteiger partial charge in [0.1, 0.15) is 6.04 Å². The number of hydrogen-bond donors (Lipinski definition) is 4. The van der Waals surface area contributed by atoms with Crippen LogP contribution in [-0.4, -0.2) is 52.2 Å². The summed E-state index contributed by atoms with van der Waals surface area (Å²) in [5, 5.41) is 11.6. The van der Waals surface area contributed by atoms with E-state index in [0.717, 1.165) is 0 Å². The summed E-state index contributed by atoms with van der Waals surface area (Å²) in [7, 11) is 0. The largest absolute Gasteiger partial charge is 0.480 e. The number of amides is 1. The number of ether oxygens (including phenoxy) is 1. The summed E-state index contributed by atoms with van der Waals surface area (Å²) in [5.74, 6) is -1.99. The molecule has 1 aliphatic heterocycles. The third-order valence-electron chi connectivity index (χ3n) is 3.05. The molecular weight excluding hydrogens is 252 g/mol. The zero-order chi connectivity index (χ0) is 13.8. The van der Waals surface area contributed by atoms with Crippen LogP contribution in [0, 0.1) is 5.92 Å². The first kappa shape index (κ1) is 13.5. The van der Waals surface area contributed by atoms with Gasteiger partial charge in [-0.05, 0) is 0 Å². The molecule has 8 heteroatoms. The number of nitrogens with one attached hydrogen (secondary N) is 2. The van der Waals surface area contributed by atoms with E-state index in [9.17, 15) is 9.59 Å². The van der Waals surface area contributed by atoms with E-state index < -0.39 is 23.8 Å². The maximum absolute atomic E-state index is 11.9. The Bertz CT molecular complexity index is 448. The lowest BCUT2D eigenvalue weighted by Crippen LogP contribution is -2.48. The van der Waals surface area contributed by atoms with Gasteiger partial charge in [-0.15, -0.1) is 0 Å². The number of nitrogens with zero attached hydrogens (tertiary/aromatic N) is 1. The third kappa shape index (κ3) is 3.30. The van der Waals surface area contributed by atoms with Gasteiger partial charge in [-0.3, -0.25) is 4.79 Å². The number of carbonyl (C=O) groups is 2. The molecule has 3 unspecified atom stereocenters. The molecule has 3 atom stereocenters. The summed E-state index contributed by atoms with van der Waals surface area (Å²) in [6.45, 7) is 0.541. The van der Waals surface area contributed by atoms with Gasteiger partial charge in [-0.2, -0.15) is 0 Å². The third-order valence-corrected chi connectivity index (χ3v) is 3.05. The van der Waals surface area contributed by atoms with Crippen LogP contribution in [0.3, 0.4) is 0 Å². The standard InChI is InChI=1S/C11H16N4O4/c12-8-4-19-3-7(8)10(16)15-9(11(17)18)1-6-2-13-5-14-6/h2,5,7-9H,1,3-4,12H2,(H,13,14)(H,15,16)(H,17,18). The highest BCUT2D eigenvalue weighted by Crippen LogP contribution is 2.12. The monoisotopic (exact) mass is 268 g/mol. The number of aromatic nitrogens is 2. The van der Waals surface area contributed by atoms with Crippen molar-refractivity contribution in [3.63, 3.8) is 0 Å². The quantitative estimate of drug-likeness (QED) is 0.514. The van der Waals surface area contributed by atoms with Gasteiger partial charge in [0, 0.05) is 24.4 Å². The Labute approximate surface area is 109 Å². The second kappa shape index (κ2) is 5.81. The van der Waals surface area contributed by atoms with Gasteiger partial charge in [0.05, 0.1) is 25.5 Å². The molecule has 1 aromatic rings. The van der Waals surface area contributed by atoms with Crippen LogP contribution in [0.1, 0.15) is 5.69 Å². The highest BCUT2D eigenvalue weighted by atomic mass is 16.5. The minimum absolute atomic E-state index is 0.143. The second-order valence-electron chi connectivity index (χ2n) is 4.49. The lowest BCUT2D eigenvalue weighted by atomic mass is 10.0. The maximum Gasteiger partial charge on any atom is 0.326 e. The maximum atomic E-state index is 11.9. The predicted octanol–water partition coefficient (Wildman–Crippen LogP) is -1.50. The van der Waals surface area contributed by atoms with Gasteiger partial charge in [0.2, 0.25) is 5.91 Å². The smallest absolute Gasteiger partial charge is 0.326 e. The molecular formula is C11H16N4O4. The fourth-order valence-electron chi connectivity index (χ4n) is 1.94. The van der Waals surface area contributed by atoms with Crippen molar-refractivity contribution in [2.45, 2.75) is 18.5 Å². The molecule has 0 bridgehead atoms. The van der Waals surface area contributed by atoms with E-state index in [4.69, 9.17) is 15.6 Å². The van der Waals surface area contributed by atoms with E-state index in [2.05, 4.69) is 15.3 Å². The Balaban J connectivity index is 1.96. The number of aromatic amines is 1. The minimum atomic E-state index is -1.10. The normalized spacial score (nSPS) is 24.1. The molecule has 8 nitrogen and oxygen atoms in total. The van der Waals surface area contributed by atoms with E-state index >= 15 is 0 Å². The average molecular weight is 268 g/mol. The lowest BCUT2D eigenvalue weighted by molar-refractivity contribution is -0.142. The molecule has 0 spiro atoms. The van der Waals surface area contributed by atoms with E-state index in [-0.39, 0.29) is 19.1 Å². The highest BCUT2D eigenvalue weighted by molar-refractivity contribution is 5.85. The molecule has 19 heavy (non-hydrogen) atoms. The van der Waals surface area contributed by atoms with Crippen LogP contribution in [0.15, 0.2) is 12.5 Å². The summed E-state index contributed by atoms with van der Waals surface area (Å²) >= 11 is 0. The van der Waals surface area contributed by atoms with Crippen molar-refractivity contribution in [2.75, 3.05) is 13.2 Å². The molecule has 104 valence electrons. The molecule has 0 aliphatic carbocycles. The fraction of sp³-hybridized carbons (Fsp3) is 0.545. The van der Waals surface area contributed by atoms with Crippen molar-refractivity contribution in [1.82, 2.24) is 15.3 Å². The first-order valence-corrected chi connectivity index (χ1v) is 5.91. The molecule has 0 saturated carbocycles. The number of aliphatic carboxylic acids is 1. The van der Waals surface area contributed by atoms with Crippen molar-refractivity contribution in [3.8, 4) is 0 Å². The van der Waals surface area contributed by atoms with Crippen LogP contribution in [0.5, 0.6) is 0 Å². The van der Waals surface area contributed by atoms with Crippen molar-refractivity contribution < 1.29 is 19.4 Å². The van der Waals surface area contributed by atoms with Gasteiger partial charge >= 0.3 is 5.97 Å². The minimum Gasteiger partial charge on any atom is -0.480 e. The Morgan fingerprint density at radius 3 is 2.95 bits per heavy atom. The summed E-state index contributed by atoms with van der Waals surface area (Å²) in [5.41, 5.74) is 6.36. The number of imidazole rings is 1. The molecule has 1 aliphatic rings. The van der Waals surface area contributed by atoms with Crippen molar-refractivity contribution >= 4 is 11.9 Å². The number of carboxylic acid groups (broad SMARTS) is 1. The average Bonchev–Trinajstić information content (AvgIpc) is 2.99. The van der Waals surface area contributed by atoms with Crippen LogP contribution >= 0.6 is 0 Å². The number of carbonyl (C=O) groups excluding carboxylic acids is 1. The molecule has 5 N–H and O–H groups in total. The number of hydrogen-bond acceptors (Lipinski definition) is 5. The van der Waals surface area contributed by atoms with Gasteiger partial charge in [0.15, 0.2) is 0 Å². The molecule has 1 amide bonds. The predicted molar refractivity (Wildman–Crippen MR) is 64.1 cm³/mol. The molecule has 2 heterocycles. The van der Waals surface area contributed by atoms with Crippen molar-refractivity contribution in [3.05, 3.63) is 18.2 Å². The lowest BCUT2D eigenvalue weighted by Gasteiger charge is -2.18. The van der Waals surface area contributed by atoms with E-state index in [1.54, 1.807) is 0 Å². The Kier molecular flexibility index (Phi) is 4.13. The van der Waals surface area contributed by atoms with Crippen LogP contribution in [-0.2, 0) is 20.7 Å². The van der Waals surface area contributed by atoms with Gasteiger partial charge in [-0.1, -0.05) is 0 Å². The molecule has 1 aromatic heterocycles. The first-order valence-electron chi connectivity index (χ1n) is 5.91. The summed E-state index contributed by atoms with van der Waals surface area (Å²) in [6.07, 6.45) is 3.12. The van der Waals surface area contributed by atoms with Crippen LogP contribution in [0.2, 0.25) is 0 Å². The van der Waals surface area contributed by atoms with Gasteiger partial charge < -0.3 is 25.9 Å². The highest BCUT2D eigenvalue weighted by Gasteiger charge is 2.33. The Morgan fingerprint density at radius 1 is 1.63 bits per heavy atom. The van der Waals surface area contributed by atoms with Crippen LogP contribution in [0.4, 0.5) is 0 Å². The van der Waals surface area contributed by atoms with Gasteiger partial charge in [-0.25, -0.2) is 9.78 Å². The topological polar surface area (TPSA) is 130 Å². The fourth-order valence-corrected chi connectivity index (χ4v) is 1.94. The van der Waals surface area contributed by atoms with E-state index in [0.29, 0.717) is 12.3 Å². The number of carboxylic acids is 1. The number of nitrogens with two attached hydrogens (primary N) is 1. The van der Waals surface area contributed by atoms with Crippen LogP contribution in [0.25, 0.3) is 0 Å². The van der Waals surface area contributed by atoms with Crippen molar-refractivity contribution in [1.29, 1.82) is 0 Å². The number of H-pyrrole nitrogens is 1.